The lowest BCUT2D eigenvalue weighted by Crippen LogP contribution is -2.37. The lowest BCUT2D eigenvalue weighted by Gasteiger charge is -2.21. The molecule has 5 nitrogen and oxygen atoms in total. The van der Waals surface area contributed by atoms with Crippen LogP contribution in [-0.2, 0) is 4.79 Å². The van der Waals surface area contributed by atoms with Gasteiger partial charge in [-0.2, -0.15) is 0 Å². The molecule has 6 heteroatoms. The van der Waals surface area contributed by atoms with Crippen molar-refractivity contribution in [2.45, 2.75) is 26.0 Å². The molecule has 1 amide bonds. The van der Waals surface area contributed by atoms with Gasteiger partial charge in [-0.25, -0.2) is 0 Å². The van der Waals surface area contributed by atoms with E-state index in [2.05, 4.69) is 5.32 Å². The molecular formula is C19H22ClNO4. The highest BCUT2D eigenvalue weighted by Gasteiger charge is 2.20. The van der Waals surface area contributed by atoms with Crippen LogP contribution >= 0.6 is 11.6 Å². The summed E-state index contributed by atoms with van der Waals surface area (Å²) in [6.45, 7) is 3.57. The summed E-state index contributed by atoms with van der Waals surface area (Å²) in [4.78, 5) is 12.4. The van der Waals surface area contributed by atoms with Crippen LogP contribution in [0.4, 0.5) is 0 Å². The highest BCUT2D eigenvalue weighted by molar-refractivity contribution is 6.30. The second-order valence-corrected chi connectivity index (χ2v) is 5.99. The number of methoxy groups -OCH3 is 2. The van der Waals surface area contributed by atoms with E-state index in [1.54, 1.807) is 45.4 Å². The number of nitrogens with one attached hydrogen (secondary N) is 1. The molecule has 2 aromatic carbocycles. The maximum atomic E-state index is 12.4. The third-order valence-corrected chi connectivity index (χ3v) is 4.01. The van der Waals surface area contributed by atoms with Gasteiger partial charge < -0.3 is 19.5 Å². The highest BCUT2D eigenvalue weighted by atomic mass is 35.5. The van der Waals surface area contributed by atoms with Crippen LogP contribution in [0.1, 0.15) is 25.5 Å². The average Bonchev–Trinajstić information content (AvgIpc) is 2.62. The molecule has 0 aliphatic heterocycles. The quantitative estimate of drug-likeness (QED) is 0.807. The largest absolute Gasteiger partial charge is 0.497 e. The Morgan fingerprint density at radius 3 is 2.24 bits per heavy atom. The first kappa shape index (κ1) is 18.9. The van der Waals surface area contributed by atoms with Crippen LogP contribution in [0.5, 0.6) is 17.2 Å². The van der Waals surface area contributed by atoms with Gasteiger partial charge in [-0.1, -0.05) is 11.6 Å². The van der Waals surface area contributed by atoms with Crippen LogP contribution in [0.2, 0.25) is 5.02 Å². The topological polar surface area (TPSA) is 56.8 Å². The summed E-state index contributed by atoms with van der Waals surface area (Å²) in [7, 11) is 3.18. The molecule has 0 heterocycles. The van der Waals surface area contributed by atoms with E-state index in [4.69, 9.17) is 25.8 Å². The molecule has 0 bridgehead atoms. The van der Waals surface area contributed by atoms with Crippen molar-refractivity contribution in [2.75, 3.05) is 14.2 Å². The Hall–Kier alpha value is -2.40. The molecule has 2 aromatic rings. The van der Waals surface area contributed by atoms with E-state index >= 15 is 0 Å². The first-order valence-corrected chi connectivity index (χ1v) is 8.27. The molecule has 0 aromatic heterocycles. The number of hydrogen-bond donors (Lipinski definition) is 1. The summed E-state index contributed by atoms with van der Waals surface area (Å²) in [5.41, 5.74) is 0.828. The van der Waals surface area contributed by atoms with E-state index in [-0.39, 0.29) is 11.9 Å². The van der Waals surface area contributed by atoms with E-state index < -0.39 is 6.10 Å². The molecule has 0 spiro atoms. The maximum Gasteiger partial charge on any atom is 0.261 e. The summed E-state index contributed by atoms with van der Waals surface area (Å²) < 4.78 is 16.2. The molecule has 0 fully saturated rings. The summed E-state index contributed by atoms with van der Waals surface area (Å²) >= 11 is 5.84. The number of rotatable bonds is 7. The minimum atomic E-state index is -0.653. The van der Waals surface area contributed by atoms with Gasteiger partial charge in [0.25, 0.3) is 5.91 Å². The van der Waals surface area contributed by atoms with Gasteiger partial charge in [-0.3, -0.25) is 4.79 Å². The summed E-state index contributed by atoms with van der Waals surface area (Å²) in [5, 5.41) is 3.54. The van der Waals surface area contributed by atoms with Gasteiger partial charge in [0.05, 0.1) is 20.3 Å². The van der Waals surface area contributed by atoms with E-state index in [0.29, 0.717) is 22.3 Å². The second-order valence-electron chi connectivity index (χ2n) is 5.55. The van der Waals surface area contributed by atoms with Crippen molar-refractivity contribution < 1.29 is 19.0 Å². The van der Waals surface area contributed by atoms with Crippen LogP contribution in [0.15, 0.2) is 42.5 Å². The SMILES string of the molecule is COc1ccc(OC)c([C@H](C)NC(=O)[C@@H](C)Oc2ccc(Cl)cc2)c1. The Labute approximate surface area is 152 Å². The molecule has 1 N–H and O–H groups in total. The minimum Gasteiger partial charge on any atom is -0.497 e. The number of hydrogen-bond acceptors (Lipinski definition) is 4. The van der Waals surface area contributed by atoms with Crippen LogP contribution in [0.25, 0.3) is 0 Å². The molecule has 2 rings (SSSR count). The molecule has 0 saturated carbocycles. The molecule has 0 aliphatic rings. The first-order chi connectivity index (χ1) is 11.9. The molecule has 0 aliphatic carbocycles. The highest BCUT2D eigenvalue weighted by Crippen LogP contribution is 2.29. The van der Waals surface area contributed by atoms with Gasteiger partial charge in [-0.05, 0) is 56.3 Å². The smallest absolute Gasteiger partial charge is 0.261 e. The number of halogens is 1. The Bertz CT molecular complexity index is 718. The Balaban J connectivity index is 2.05. The molecule has 0 radical (unpaired) electrons. The van der Waals surface area contributed by atoms with Crippen molar-refractivity contribution in [1.82, 2.24) is 5.32 Å². The average molecular weight is 364 g/mol. The number of carbonyl (C=O) groups excluding carboxylic acids is 1. The Morgan fingerprint density at radius 1 is 1.00 bits per heavy atom. The lowest BCUT2D eigenvalue weighted by atomic mass is 10.1. The van der Waals surface area contributed by atoms with Crippen LogP contribution in [0, 0.1) is 0 Å². The summed E-state index contributed by atoms with van der Waals surface area (Å²) in [6.07, 6.45) is -0.653. The zero-order chi connectivity index (χ0) is 18.4. The van der Waals surface area contributed by atoms with Crippen molar-refractivity contribution in [3.8, 4) is 17.2 Å². The monoisotopic (exact) mass is 363 g/mol. The van der Waals surface area contributed by atoms with Gasteiger partial charge in [-0.15, -0.1) is 0 Å². The van der Waals surface area contributed by atoms with Crippen molar-refractivity contribution in [3.63, 3.8) is 0 Å². The normalized spacial score (nSPS) is 12.8. The fourth-order valence-electron chi connectivity index (χ4n) is 2.36. The van der Waals surface area contributed by atoms with Crippen molar-refractivity contribution in [1.29, 1.82) is 0 Å². The maximum absolute atomic E-state index is 12.4. The van der Waals surface area contributed by atoms with Crippen molar-refractivity contribution in [3.05, 3.63) is 53.1 Å². The number of ether oxygens (including phenoxy) is 3. The third kappa shape index (κ3) is 5.03. The van der Waals surface area contributed by atoms with Crippen molar-refractivity contribution >= 4 is 17.5 Å². The van der Waals surface area contributed by atoms with Crippen LogP contribution in [-0.4, -0.2) is 26.2 Å². The van der Waals surface area contributed by atoms with E-state index in [1.807, 2.05) is 25.1 Å². The number of benzene rings is 2. The zero-order valence-corrected chi connectivity index (χ0v) is 15.5. The number of amides is 1. The molecule has 0 unspecified atom stereocenters. The molecule has 0 saturated heterocycles. The molecule has 134 valence electrons. The lowest BCUT2D eigenvalue weighted by molar-refractivity contribution is -0.127. The Kier molecular flexibility index (Phi) is 6.53. The van der Waals surface area contributed by atoms with Gasteiger partial charge in [0, 0.05) is 10.6 Å². The zero-order valence-electron chi connectivity index (χ0n) is 14.7. The van der Waals surface area contributed by atoms with E-state index in [1.165, 1.54) is 0 Å². The first-order valence-electron chi connectivity index (χ1n) is 7.89. The standard InChI is InChI=1S/C19H22ClNO4/c1-12(17-11-16(23-3)9-10-18(17)24-4)21-19(22)13(2)25-15-7-5-14(20)6-8-15/h5-13H,1-4H3,(H,21,22)/t12-,13+/m0/s1. The fourth-order valence-corrected chi connectivity index (χ4v) is 2.48. The van der Waals surface area contributed by atoms with Crippen molar-refractivity contribution in [2.24, 2.45) is 0 Å². The van der Waals surface area contributed by atoms with E-state index in [0.717, 1.165) is 5.56 Å². The minimum absolute atomic E-state index is 0.229. The summed E-state index contributed by atoms with van der Waals surface area (Å²) in [6, 6.07) is 12.1. The second kappa shape index (κ2) is 8.62. The molecule has 25 heavy (non-hydrogen) atoms. The van der Waals surface area contributed by atoms with Crippen LogP contribution in [0.3, 0.4) is 0 Å². The predicted molar refractivity (Wildman–Crippen MR) is 97.6 cm³/mol. The Morgan fingerprint density at radius 2 is 1.64 bits per heavy atom. The van der Waals surface area contributed by atoms with Crippen LogP contribution < -0.4 is 19.5 Å². The molecule has 2 atom stereocenters. The van der Waals surface area contributed by atoms with E-state index in [9.17, 15) is 4.79 Å². The van der Waals surface area contributed by atoms with Gasteiger partial charge in [0.15, 0.2) is 6.10 Å². The number of carbonyl (C=O) groups is 1. The fraction of sp³-hybridized carbons (Fsp3) is 0.316. The van der Waals surface area contributed by atoms with Gasteiger partial charge in [0.2, 0.25) is 0 Å². The van der Waals surface area contributed by atoms with Gasteiger partial charge in [0.1, 0.15) is 17.2 Å². The molecular weight excluding hydrogens is 342 g/mol. The predicted octanol–water partition coefficient (Wildman–Crippen LogP) is 4.00. The third-order valence-electron chi connectivity index (χ3n) is 3.76. The van der Waals surface area contributed by atoms with Gasteiger partial charge >= 0.3 is 0 Å². The summed E-state index contributed by atoms with van der Waals surface area (Å²) in [5.74, 6) is 1.73.